The molecule has 0 spiro atoms. The van der Waals surface area contributed by atoms with Crippen molar-refractivity contribution in [2.75, 3.05) is 13.7 Å². The van der Waals surface area contributed by atoms with Crippen molar-refractivity contribution in [3.63, 3.8) is 0 Å². The number of nitrogens with one attached hydrogen (secondary N) is 1. The monoisotopic (exact) mass is 499 g/mol. The van der Waals surface area contributed by atoms with Gasteiger partial charge in [0.05, 0.1) is 27.4 Å². The number of hydrogen-bond acceptors (Lipinski definition) is 5. The van der Waals surface area contributed by atoms with Gasteiger partial charge in [0.1, 0.15) is 5.75 Å². The molecule has 3 rings (SSSR count). The number of benzene rings is 3. The van der Waals surface area contributed by atoms with E-state index in [-0.39, 0.29) is 17.9 Å². The van der Waals surface area contributed by atoms with Crippen LogP contribution in [0.5, 0.6) is 5.75 Å². The molecule has 0 saturated heterocycles. The number of alkyl halides is 3. The summed E-state index contributed by atoms with van der Waals surface area (Å²) in [4.78, 5) is -1.88. The number of methoxy groups -OCH3 is 1. The van der Waals surface area contributed by atoms with Crippen molar-refractivity contribution in [2.24, 2.45) is 0 Å². The second-order valence-electron chi connectivity index (χ2n) is 6.97. The molecule has 1 N–H and O–H groups in total. The van der Waals surface area contributed by atoms with Crippen LogP contribution >= 0.6 is 0 Å². The Kier molecular flexibility index (Phi) is 7.15. The Bertz CT molecular complexity index is 1320. The second kappa shape index (κ2) is 9.54. The number of sulfonamides is 1. The Hall–Kier alpha value is -2.89. The highest BCUT2D eigenvalue weighted by Crippen LogP contribution is 2.36. The van der Waals surface area contributed by atoms with Gasteiger partial charge in [-0.25, -0.2) is 21.6 Å². The van der Waals surface area contributed by atoms with Gasteiger partial charge in [-0.15, -0.1) is 0 Å². The second-order valence-corrected chi connectivity index (χ2v) is 10.7. The number of halogens is 3. The first-order chi connectivity index (χ1) is 15.4. The summed E-state index contributed by atoms with van der Waals surface area (Å²) in [5.41, 5.74) is -0.721. The van der Waals surface area contributed by atoms with Gasteiger partial charge in [-0.05, 0) is 54.4 Å². The summed E-state index contributed by atoms with van der Waals surface area (Å²) >= 11 is 0. The first-order valence-corrected chi connectivity index (χ1v) is 12.6. The average molecular weight is 500 g/mol. The minimum absolute atomic E-state index is 0.166. The molecule has 0 aliphatic carbocycles. The Labute approximate surface area is 190 Å². The summed E-state index contributed by atoms with van der Waals surface area (Å²) in [7, 11) is -7.41. The topological polar surface area (TPSA) is 89.5 Å². The zero-order valence-corrected chi connectivity index (χ0v) is 19.0. The molecule has 3 aromatic rings. The SMILES string of the molecule is COc1ccc(CCNS(=O)(=O)c2cc(S(=O)(=O)c3ccccc3)ccc2C(F)(F)F)cc1. The van der Waals surface area contributed by atoms with E-state index in [9.17, 15) is 30.0 Å². The Morgan fingerprint density at radius 3 is 2.06 bits per heavy atom. The van der Waals surface area contributed by atoms with E-state index >= 15 is 0 Å². The summed E-state index contributed by atoms with van der Waals surface area (Å²) in [6, 6.07) is 15.5. The molecule has 0 saturated carbocycles. The number of sulfone groups is 1. The summed E-state index contributed by atoms with van der Waals surface area (Å²) in [6.45, 7) is -0.193. The van der Waals surface area contributed by atoms with E-state index in [4.69, 9.17) is 4.74 Å². The van der Waals surface area contributed by atoms with Crippen LogP contribution in [0.2, 0.25) is 0 Å². The molecule has 176 valence electrons. The summed E-state index contributed by atoms with van der Waals surface area (Å²) in [6.07, 6.45) is -4.80. The fourth-order valence-corrected chi connectivity index (χ4v) is 5.73. The molecule has 11 heteroatoms. The van der Waals surface area contributed by atoms with Gasteiger partial charge in [-0.2, -0.15) is 13.2 Å². The Morgan fingerprint density at radius 2 is 1.48 bits per heavy atom. The van der Waals surface area contributed by atoms with Crippen LogP contribution in [0.25, 0.3) is 0 Å². The molecule has 0 aliphatic rings. The van der Waals surface area contributed by atoms with Gasteiger partial charge in [0.15, 0.2) is 0 Å². The maximum atomic E-state index is 13.5. The minimum Gasteiger partial charge on any atom is -0.497 e. The molecule has 0 heterocycles. The van der Waals surface area contributed by atoms with Crippen LogP contribution in [0.1, 0.15) is 11.1 Å². The largest absolute Gasteiger partial charge is 0.497 e. The molecule has 33 heavy (non-hydrogen) atoms. The summed E-state index contributed by atoms with van der Waals surface area (Å²) in [5.74, 6) is 0.602. The van der Waals surface area contributed by atoms with Crippen molar-refractivity contribution in [3.05, 3.63) is 83.9 Å². The number of hydrogen-bond donors (Lipinski definition) is 1. The van der Waals surface area contributed by atoms with Gasteiger partial charge >= 0.3 is 6.18 Å². The van der Waals surface area contributed by atoms with Gasteiger partial charge < -0.3 is 4.74 Å². The standard InChI is InChI=1S/C22H20F3NO5S2/c1-31-17-9-7-16(8-10-17)13-14-26-33(29,30)21-15-19(11-12-20(21)22(23,24)25)32(27,28)18-5-3-2-4-6-18/h2-12,15,26H,13-14H2,1H3. The Balaban J connectivity index is 1.93. The molecule has 0 radical (unpaired) electrons. The third kappa shape index (κ3) is 5.73. The van der Waals surface area contributed by atoms with Crippen LogP contribution in [0.15, 0.2) is 87.5 Å². The van der Waals surface area contributed by atoms with Crippen LogP contribution in [-0.2, 0) is 32.5 Å². The van der Waals surface area contributed by atoms with Crippen LogP contribution in [0.3, 0.4) is 0 Å². The highest BCUT2D eigenvalue weighted by atomic mass is 32.2. The molecule has 0 unspecified atom stereocenters. The lowest BCUT2D eigenvalue weighted by atomic mass is 10.1. The van der Waals surface area contributed by atoms with Gasteiger partial charge in [0, 0.05) is 6.54 Å². The van der Waals surface area contributed by atoms with E-state index < -0.39 is 41.4 Å². The predicted molar refractivity (Wildman–Crippen MR) is 115 cm³/mol. The average Bonchev–Trinajstić information content (AvgIpc) is 2.79. The maximum absolute atomic E-state index is 13.5. The molecule has 0 bridgehead atoms. The minimum atomic E-state index is -5.00. The summed E-state index contributed by atoms with van der Waals surface area (Å²) < 4.78 is 99.0. The third-order valence-corrected chi connectivity index (χ3v) is 8.04. The van der Waals surface area contributed by atoms with Gasteiger partial charge in [0.25, 0.3) is 0 Å². The lowest BCUT2D eigenvalue weighted by Crippen LogP contribution is -2.28. The zero-order chi connectivity index (χ0) is 24.3. The van der Waals surface area contributed by atoms with Gasteiger partial charge in [-0.3, -0.25) is 0 Å². The van der Waals surface area contributed by atoms with Gasteiger partial charge in [0.2, 0.25) is 19.9 Å². The molecule has 3 aromatic carbocycles. The highest BCUT2D eigenvalue weighted by molar-refractivity contribution is 7.91. The van der Waals surface area contributed by atoms with Crippen molar-refractivity contribution in [2.45, 2.75) is 27.3 Å². The molecule has 0 amide bonds. The molecule has 0 aliphatic heterocycles. The van der Waals surface area contributed by atoms with Crippen molar-refractivity contribution >= 4 is 19.9 Å². The fraction of sp³-hybridized carbons (Fsp3) is 0.182. The van der Waals surface area contributed by atoms with Gasteiger partial charge in [-0.1, -0.05) is 30.3 Å². The summed E-state index contributed by atoms with van der Waals surface area (Å²) in [5, 5.41) is 0. The molecule has 0 fully saturated rings. The molecule has 0 aromatic heterocycles. The number of rotatable bonds is 8. The van der Waals surface area contributed by atoms with E-state index in [1.165, 1.54) is 31.4 Å². The maximum Gasteiger partial charge on any atom is 0.417 e. The van der Waals surface area contributed by atoms with Crippen LogP contribution in [0.4, 0.5) is 13.2 Å². The zero-order valence-electron chi connectivity index (χ0n) is 17.3. The molecule has 0 atom stereocenters. The van der Waals surface area contributed by atoms with Crippen LogP contribution < -0.4 is 9.46 Å². The van der Waals surface area contributed by atoms with Crippen molar-refractivity contribution < 1.29 is 34.7 Å². The van der Waals surface area contributed by atoms with E-state index in [2.05, 4.69) is 4.72 Å². The van der Waals surface area contributed by atoms with Crippen LogP contribution in [-0.4, -0.2) is 30.5 Å². The number of ether oxygens (including phenoxy) is 1. The van der Waals surface area contributed by atoms with Crippen molar-refractivity contribution in [1.29, 1.82) is 0 Å². The van der Waals surface area contributed by atoms with E-state index in [1.807, 2.05) is 0 Å². The van der Waals surface area contributed by atoms with E-state index in [0.717, 1.165) is 11.6 Å². The van der Waals surface area contributed by atoms with E-state index in [0.29, 0.717) is 17.9 Å². The van der Waals surface area contributed by atoms with Crippen molar-refractivity contribution in [1.82, 2.24) is 4.72 Å². The fourth-order valence-electron chi connectivity index (χ4n) is 3.06. The molecular weight excluding hydrogens is 479 g/mol. The first-order valence-electron chi connectivity index (χ1n) is 9.59. The predicted octanol–water partition coefficient (Wildman–Crippen LogP) is 4.07. The first kappa shape index (κ1) is 24.7. The highest BCUT2D eigenvalue weighted by Gasteiger charge is 2.38. The smallest absolute Gasteiger partial charge is 0.417 e. The normalized spacial score (nSPS) is 12.5. The lowest BCUT2D eigenvalue weighted by molar-refractivity contribution is -0.139. The van der Waals surface area contributed by atoms with E-state index in [1.54, 1.807) is 30.3 Å². The van der Waals surface area contributed by atoms with Crippen molar-refractivity contribution in [3.8, 4) is 5.75 Å². The third-order valence-electron chi connectivity index (χ3n) is 4.78. The molecular formula is C22H20F3NO5S2. The lowest BCUT2D eigenvalue weighted by Gasteiger charge is -2.16. The van der Waals surface area contributed by atoms with Crippen LogP contribution in [0, 0.1) is 0 Å². The quantitative estimate of drug-likeness (QED) is 0.505. The Morgan fingerprint density at radius 1 is 0.848 bits per heavy atom. The molecule has 6 nitrogen and oxygen atoms in total.